The number of halogens is 2. The van der Waals surface area contributed by atoms with E-state index in [4.69, 9.17) is 0 Å². The Morgan fingerprint density at radius 1 is 1.40 bits per heavy atom. The van der Waals surface area contributed by atoms with Gasteiger partial charge >= 0.3 is 0 Å². The lowest BCUT2D eigenvalue weighted by atomic mass is 9.86. The molecule has 0 bridgehead atoms. The zero-order valence-electron chi connectivity index (χ0n) is 8.77. The average molecular weight is 272 g/mol. The average Bonchev–Trinajstić information content (AvgIpc) is 2.34. The van der Waals surface area contributed by atoms with E-state index in [1.165, 1.54) is 4.90 Å². The minimum Gasteiger partial charge on any atom is -0.312 e. The number of likely N-dealkylation sites (N-methyl/N-ethyl adjacent to an activating group) is 1. The Kier molecular flexibility index (Phi) is 2.15. The zero-order valence-corrected chi connectivity index (χ0v) is 10.4. The molecule has 1 aliphatic rings. The molecule has 0 aliphatic carbocycles. The maximum Gasteiger partial charge on any atom is 0.236 e. The minimum absolute atomic E-state index is 0.0745. The number of fused-ring (bicyclic) bond motifs is 1. The number of hydrogen-bond acceptors (Lipinski definition) is 1. The molecule has 0 spiro atoms. The van der Waals surface area contributed by atoms with E-state index in [9.17, 15) is 9.18 Å². The maximum atomic E-state index is 13.8. The van der Waals surface area contributed by atoms with Crippen LogP contribution in [0.2, 0.25) is 0 Å². The van der Waals surface area contributed by atoms with Crippen LogP contribution >= 0.6 is 15.9 Å². The first-order valence-electron chi connectivity index (χ1n) is 4.64. The van der Waals surface area contributed by atoms with Gasteiger partial charge in [-0.15, -0.1) is 0 Å². The van der Waals surface area contributed by atoms with Crippen LogP contribution in [0.3, 0.4) is 0 Å². The summed E-state index contributed by atoms with van der Waals surface area (Å²) in [5, 5.41) is 0. The molecule has 0 unspecified atom stereocenters. The molecule has 80 valence electrons. The van der Waals surface area contributed by atoms with Crippen molar-refractivity contribution in [2.24, 2.45) is 0 Å². The van der Waals surface area contributed by atoms with Gasteiger partial charge in [0.15, 0.2) is 5.82 Å². The third-order valence-corrected chi connectivity index (χ3v) is 3.53. The minimum atomic E-state index is -0.633. The molecule has 1 amide bonds. The van der Waals surface area contributed by atoms with Gasteiger partial charge in [0.1, 0.15) is 0 Å². The molecule has 2 rings (SSSR count). The highest BCUT2D eigenvalue weighted by atomic mass is 79.9. The lowest BCUT2D eigenvalue weighted by Gasteiger charge is -2.16. The Hall–Kier alpha value is -0.900. The molecule has 0 aromatic heterocycles. The number of rotatable bonds is 0. The number of benzene rings is 1. The van der Waals surface area contributed by atoms with Crippen LogP contribution in [0.4, 0.5) is 10.1 Å². The number of amides is 1. The largest absolute Gasteiger partial charge is 0.312 e. The van der Waals surface area contributed by atoms with Crippen LogP contribution in [0, 0.1) is 5.82 Å². The van der Waals surface area contributed by atoms with Crippen LogP contribution in [-0.2, 0) is 10.2 Å². The Balaban J connectivity index is 2.77. The number of carbonyl (C=O) groups excluding carboxylic acids is 1. The van der Waals surface area contributed by atoms with Crippen molar-refractivity contribution in [1.29, 1.82) is 0 Å². The van der Waals surface area contributed by atoms with Crippen molar-refractivity contribution in [3.63, 3.8) is 0 Å². The molecule has 1 aromatic rings. The van der Waals surface area contributed by atoms with Crippen LogP contribution in [0.1, 0.15) is 19.4 Å². The third kappa shape index (κ3) is 1.24. The van der Waals surface area contributed by atoms with Crippen molar-refractivity contribution in [3.8, 4) is 0 Å². The molecule has 4 heteroatoms. The van der Waals surface area contributed by atoms with Gasteiger partial charge in [-0.25, -0.2) is 4.39 Å². The van der Waals surface area contributed by atoms with E-state index in [0.717, 1.165) is 5.56 Å². The summed E-state index contributed by atoms with van der Waals surface area (Å²) in [5.74, 6) is -0.441. The summed E-state index contributed by atoms with van der Waals surface area (Å²) < 4.78 is 14.2. The van der Waals surface area contributed by atoms with E-state index in [1.54, 1.807) is 19.2 Å². The summed E-state index contributed by atoms with van der Waals surface area (Å²) in [6.45, 7) is 3.62. The highest BCUT2D eigenvalue weighted by Gasteiger charge is 2.44. The summed E-state index contributed by atoms with van der Waals surface area (Å²) >= 11 is 3.12. The molecular weight excluding hydrogens is 261 g/mol. The van der Waals surface area contributed by atoms with Gasteiger partial charge in [0.25, 0.3) is 0 Å². The molecule has 0 saturated carbocycles. The van der Waals surface area contributed by atoms with Crippen molar-refractivity contribution in [3.05, 3.63) is 28.0 Å². The summed E-state index contributed by atoms with van der Waals surface area (Å²) in [6, 6.07) is 3.44. The molecule has 1 aromatic carbocycles. The van der Waals surface area contributed by atoms with Crippen LogP contribution in [0.25, 0.3) is 0 Å². The SMILES string of the molecule is CN1C(=O)C(C)(C)c2ccc(Br)c(F)c21. The first-order chi connectivity index (χ1) is 6.87. The molecule has 0 fully saturated rings. The monoisotopic (exact) mass is 271 g/mol. The van der Waals surface area contributed by atoms with Gasteiger partial charge in [-0.2, -0.15) is 0 Å². The summed E-state index contributed by atoms with van der Waals surface area (Å²) in [6.07, 6.45) is 0. The summed E-state index contributed by atoms with van der Waals surface area (Å²) in [5.41, 5.74) is 0.501. The molecule has 15 heavy (non-hydrogen) atoms. The standard InChI is InChI=1S/C11H11BrFNO/c1-11(2)6-4-5-7(12)8(13)9(6)14(3)10(11)15/h4-5H,1-3H3. The van der Waals surface area contributed by atoms with Crippen LogP contribution < -0.4 is 4.90 Å². The fourth-order valence-electron chi connectivity index (χ4n) is 2.01. The van der Waals surface area contributed by atoms with Gasteiger partial charge in [0.05, 0.1) is 15.6 Å². The fraction of sp³-hybridized carbons (Fsp3) is 0.364. The maximum absolute atomic E-state index is 13.8. The molecule has 0 atom stereocenters. The number of hydrogen-bond donors (Lipinski definition) is 0. The Bertz CT molecular complexity index is 456. The van der Waals surface area contributed by atoms with Crippen molar-refractivity contribution < 1.29 is 9.18 Å². The number of carbonyl (C=O) groups is 1. The molecule has 0 N–H and O–H groups in total. The second kappa shape index (κ2) is 3.04. The highest BCUT2D eigenvalue weighted by molar-refractivity contribution is 9.10. The normalized spacial score (nSPS) is 18.2. The first-order valence-corrected chi connectivity index (χ1v) is 5.43. The third-order valence-electron chi connectivity index (χ3n) is 2.92. The summed E-state index contributed by atoms with van der Waals surface area (Å²) in [4.78, 5) is 13.3. The van der Waals surface area contributed by atoms with Crippen molar-refractivity contribution in [2.75, 3.05) is 11.9 Å². The Morgan fingerprint density at radius 2 is 2.00 bits per heavy atom. The van der Waals surface area contributed by atoms with Crippen molar-refractivity contribution >= 4 is 27.5 Å². The topological polar surface area (TPSA) is 20.3 Å². The van der Waals surface area contributed by atoms with Gasteiger partial charge in [-0.1, -0.05) is 6.07 Å². The highest BCUT2D eigenvalue weighted by Crippen LogP contribution is 2.43. The molecule has 0 saturated heterocycles. The predicted octanol–water partition coefficient (Wildman–Crippen LogP) is 2.84. The van der Waals surface area contributed by atoms with E-state index in [1.807, 2.05) is 13.8 Å². The van der Waals surface area contributed by atoms with Gasteiger partial charge < -0.3 is 4.90 Å². The summed E-state index contributed by atoms with van der Waals surface area (Å²) in [7, 11) is 1.60. The zero-order chi connectivity index (χ0) is 11.4. The van der Waals surface area contributed by atoms with E-state index in [-0.39, 0.29) is 11.7 Å². The van der Waals surface area contributed by atoms with E-state index < -0.39 is 5.41 Å². The van der Waals surface area contributed by atoms with E-state index >= 15 is 0 Å². The van der Waals surface area contributed by atoms with E-state index in [0.29, 0.717) is 10.2 Å². The Morgan fingerprint density at radius 3 is 2.60 bits per heavy atom. The molecule has 0 radical (unpaired) electrons. The van der Waals surface area contributed by atoms with Crippen LogP contribution in [-0.4, -0.2) is 13.0 Å². The fourth-order valence-corrected chi connectivity index (χ4v) is 2.33. The van der Waals surface area contributed by atoms with Gasteiger partial charge in [-0.3, -0.25) is 4.79 Å². The van der Waals surface area contributed by atoms with Crippen LogP contribution in [0.5, 0.6) is 0 Å². The lowest BCUT2D eigenvalue weighted by Crippen LogP contribution is -2.33. The molecule has 1 aliphatic heterocycles. The number of nitrogens with zero attached hydrogens (tertiary/aromatic N) is 1. The quantitative estimate of drug-likeness (QED) is 0.711. The second-order valence-corrected chi connectivity index (χ2v) is 5.10. The smallest absolute Gasteiger partial charge is 0.236 e. The first kappa shape index (κ1) is 10.6. The Labute approximate surface area is 96.2 Å². The lowest BCUT2D eigenvalue weighted by molar-refractivity contribution is -0.121. The van der Waals surface area contributed by atoms with E-state index in [2.05, 4.69) is 15.9 Å². The second-order valence-electron chi connectivity index (χ2n) is 4.25. The van der Waals surface area contributed by atoms with Gasteiger partial charge in [0.2, 0.25) is 5.91 Å². The van der Waals surface area contributed by atoms with Gasteiger partial charge in [-0.05, 0) is 41.4 Å². The predicted molar refractivity (Wildman–Crippen MR) is 60.5 cm³/mol. The number of anilines is 1. The molecule has 1 heterocycles. The molecule has 2 nitrogen and oxygen atoms in total. The molecular formula is C11H11BrFNO. The van der Waals surface area contributed by atoms with Gasteiger partial charge in [0, 0.05) is 7.05 Å². The van der Waals surface area contributed by atoms with Crippen LogP contribution in [0.15, 0.2) is 16.6 Å². The van der Waals surface area contributed by atoms with Crippen molar-refractivity contribution in [2.45, 2.75) is 19.3 Å². The van der Waals surface area contributed by atoms with Crippen molar-refractivity contribution in [1.82, 2.24) is 0 Å².